The summed E-state index contributed by atoms with van der Waals surface area (Å²) in [4.78, 5) is 7.73. The molecule has 2 fully saturated rings. The van der Waals surface area contributed by atoms with Crippen molar-refractivity contribution in [2.75, 3.05) is 32.7 Å². The van der Waals surface area contributed by atoms with Gasteiger partial charge in [-0.15, -0.1) is 0 Å². The maximum Gasteiger partial charge on any atom is 0.0679 e. The summed E-state index contributed by atoms with van der Waals surface area (Å²) in [7, 11) is 0. The molecule has 0 aromatic heterocycles. The minimum Gasteiger partial charge on any atom is -0.370 e. The molecule has 0 aliphatic carbocycles. The number of nitrogens with zero attached hydrogens (tertiary/aromatic N) is 3. The van der Waals surface area contributed by atoms with Gasteiger partial charge in [-0.1, -0.05) is 73.8 Å². The molecule has 0 spiro atoms. The summed E-state index contributed by atoms with van der Waals surface area (Å²) in [5.74, 6) is 0. The van der Waals surface area contributed by atoms with Crippen LogP contribution < -0.4 is 0 Å². The smallest absolute Gasteiger partial charge is 0.0679 e. The Morgan fingerprint density at radius 3 is 2.18 bits per heavy atom. The van der Waals surface area contributed by atoms with Crippen molar-refractivity contribution in [3.8, 4) is 0 Å². The first-order valence-electron chi connectivity index (χ1n) is 12.7. The van der Waals surface area contributed by atoms with Crippen LogP contribution in [0, 0.1) is 0 Å². The second kappa shape index (κ2) is 11.1. The Hall–Kier alpha value is -2.52. The fourth-order valence-corrected chi connectivity index (χ4v) is 5.65. The number of hydrogen-bond donors (Lipinski definition) is 0. The number of hydrogen-bond acceptors (Lipinski definition) is 3. The largest absolute Gasteiger partial charge is 0.370 e. The van der Waals surface area contributed by atoms with Crippen LogP contribution >= 0.6 is 0 Å². The third kappa shape index (κ3) is 5.89. The average Bonchev–Trinajstić information content (AvgIpc) is 3.34. The molecule has 2 aromatic carbocycles. The van der Waals surface area contributed by atoms with Crippen LogP contribution in [-0.4, -0.2) is 59.0 Å². The monoisotopic (exact) mass is 443 g/mol. The predicted molar refractivity (Wildman–Crippen MR) is 140 cm³/mol. The number of benzene rings is 2. The standard InChI is InChI=1S/C30H41N3/c1-4-32-21-11-16-29(32)26(2)33(23-18-28-14-9-6-10-15-28)30(3)19-24-31(25-20-30)22-17-27-12-7-5-8-13-27/h4-10,12-15,29H,1-2,11,16-25H2,3H3. The van der Waals surface area contributed by atoms with Gasteiger partial charge >= 0.3 is 0 Å². The summed E-state index contributed by atoms with van der Waals surface area (Å²) in [5.41, 5.74) is 4.30. The molecular formula is C30H41N3. The first-order valence-corrected chi connectivity index (χ1v) is 12.7. The van der Waals surface area contributed by atoms with Gasteiger partial charge in [-0.2, -0.15) is 0 Å². The zero-order valence-electron chi connectivity index (χ0n) is 20.5. The highest BCUT2D eigenvalue weighted by Gasteiger charge is 2.39. The van der Waals surface area contributed by atoms with E-state index in [9.17, 15) is 0 Å². The fourth-order valence-electron chi connectivity index (χ4n) is 5.65. The summed E-state index contributed by atoms with van der Waals surface area (Å²) in [6, 6.07) is 22.2. The van der Waals surface area contributed by atoms with Crippen LogP contribution in [0.15, 0.2) is 85.7 Å². The van der Waals surface area contributed by atoms with Gasteiger partial charge in [-0.25, -0.2) is 0 Å². The Kier molecular flexibility index (Phi) is 7.93. The molecule has 2 saturated heterocycles. The lowest BCUT2D eigenvalue weighted by atomic mass is 9.85. The lowest BCUT2D eigenvalue weighted by Crippen LogP contribution is -2.55. The maximum absolute atomic E-state index is 4.69. The first-order chi connectivity index (χ1) is 16.1. The molecule has 0 N–H and O–H groups in total. The summed E-state index contributed by atoms with van der Waals surface area (Å²) in [5, 5.41) is 0. The molecule has 3 nitrogen and oxygen atoms in total. The fraction of sp³-hybridized carbons (Fsp3) is 0.467. The average molecular weight is 444 g/mol. The van der Waals surface area contributed by atoms with Crippen LogP contribution in [0.5, 0.6) is 0 Å². The maximum atomic E-state index is 4.69. The van der Waals surface area contributed by atoms with Crippen molar-refractivity contribution in [3.63, 3.8) is 0 Å². The quantitative estimate of drug-likeness (QED) is 0.463. The molecule has 2 aliphatic rings. The summed E-state index contributed by atoms with van der Waals surface area (Å²) in [6.07, 6.45) is 9.02. The molecule has 0 bridgehead atoms. The van der Waals surface area contributed by atoms with Crippen LogP contribution in [0.3, 0.4) is 0 Å². The van der Waals surface area contributed by atoms with Gasteiger partial charge in [0, 0.05) is 44.0 Å². The molecular weight excluding hydrogens is 402 g/mol. The van der Waals surface area contributed by atoms with E-state index in [-0.39, 0.29) is 5.54 Å². The second-order valence-corrected chi connectivity index (χ2v) is 10.0. The van der Waals surface area contributed by atoms with E-state index in [1.54, 1.807) is 0 Å². The van der Waals surface area contributed by atoms with Crippen LogP contribution in [0.2, 0.25) is 0 Å². The highest BCUT2D eigenvalue weighted by atomic mass is 15.3. The lowest BCUT2D eigenvalue weighted by Gasteiger charge is -2.50. The highest BCUT2D eigenvalue weighted by Crippen LogP contribution is 2.35. The Balaban J connectivity index is 1.42. The number of piperidine rings is 1. The zero-order valence-corrected chi connectivity index (χ0v) is 20.5. The molecule has 33 heavy (non-hydrogen) atoms. The number of likely N-dealkylation sites (tertiary alicyclic amines) is 2. The van der Waals surface area contributed by atoms with Gasteiger partial charge in [0.15, 0.2) is 0 Å². The minimum absolute atomic E-state index is 0.157. The summed E-state index contributed by atoms with van der Waals surface area (Å²) >= 11 is 0. The summed E-state index contributed by atoms with van der Waals surface area (Å²) in [6.45, 7) is 16.8. The molecule has 0 radical (unpaired) electrons. The van der Waals surface area contributed by atoms with Gasteiger partial charge in [-0.3, -0.25) is 0 Å². The van der Waals surface area contributed by atoms with Gasteiger partial charge in [0.25, 0.3) is 0 Å². The van der Waals surface area contributed by atoms with Crippen LogP contribution in [0.4, 0.5) is 0 Å². The van der Waals surface area contributed by atoms with E-state index >= 15 is 0 Å². The highest BCUT2D eigenvalue weighted by molar-refractivity contribution is 5.19. The van der Waals surface area contributed by atoms with Gasteiger partial charge in [-0.05, 0) is 62.8 Å². The van der Waals surface area contributed by atoms with E-state index in [0.29, 0.717) is 6.04 Å². The first kappa shape index (κ1) is 23.6. The Labute approximate surface area is 201 Å². The van der Waals surface area contributed by atoms with E-state index in [4.69, 9.17) is 0 Å². The van der Waals surface area contributed by atoms with Crippen molar-refractivity contribution in [2.45, 2.75) is 57.0 Å². The van der Waals surface area contributed by atoms with E-state index in [1.807, 2.05) is 6.20 Å². The molecule has 1 atom stereocenters. The van der Waals surface area contributed by atoms with E-state index < -0.39 is 0 Å². The van der Waals surface area contributed by atoms with Gasteiger partial charge in [0.05, 0.1) is 6.04 Å². The third-order valence-corrected chi connectivity index (χ3v) is 7.87. The molecule has 2 aliphatic heterocycles. The molecule has 2 aromatic rings. The Bertz CT molecular complexity index is 883. The lowest BCUT2D eigenvalue weighted by molar-refractivity contribution is 0.0507. The van der Waals surface area contributed by atoms with Crippen molar-refractivity contribution in [1.29, 1.82) is 0 Å². The van der Waals surface area contributed by atoms with Crippen LogP contribution in [0.25, 0.3) is 0 Å². The minimum atomic E-state index is 0.157. The van der Waals surface area contributed by atoms with Crippen molar-refractivity contribution >= 4 is 0 Å². The topological polar surface area (TPSA) is 9.72 Å². The number of rotatable bonds is 10. The summed E-state index contributed by atoms with van der Waals surface area (Å²) < 4.78 is 0. The SMILES string of the molecule is C=CN1CCCC1C(=C)N(CCc1ccccc1)C1(C)CCN(CCc2ccccc2)CC1. The predicted octanol–water partition coefficient (Wildman–Crippen LogP) is 5.75. The third-order valence-electron chi connectivity index (χ3n) is 7.87. The molecule has 2 heterocycles. The van der Waals surface area contributed by atoms with Gasteiger partial charge in [0.1, 0.15) is 0 Å². The zero-order chi connectivity index (χ0) is 23.1. The second-order valence-electron chi connectivity index (χ2n) is 10.0. The normalized spacial score (nSPS) is 20.5. The molecule has 0 saturated carbocycles. The van der Waals surface area contributed by atoms with E-state index in [0.717, 1.165) is 45.6 Å². The van der Waals surface area contributed by atoms with E-state index in [2.05, 4.69) is 95.4 Å². The van der Waals surface area contributed by atoms with Crippen LogP contribution in [-0.2, 0) is 12.8 Å². The molecule has 176 valence electrons. The van der Waals surface area contributed by atoms with Gasteiger partial charge in [0.2, 0.25) is 0 Å². The molecule has 4 rings (SSSR count). The molecule has 1 unspecified atom stereocenters. The Morgan fingerprint density at radius 1 is 0.970 bits per heavy atom. The van der Waals surface area contributed by atoms with Crippen molar-refractivity contribution in [1.82, 2.24) is 14.7 Å². The van der Waals surface area contributed by atoms with Crippen LogP contribution in [0.1, 0.15) is 43.7 Å². The van der Waals surface area contributed by atoms with Crippen molar-refractivity contribution in [2.24, 2.45) is 0 Å². The Morgan fingerprint density at radius 2 is 1.58 bits per heavy atom. The van der Waals surface area contributed by atoms with Crippen molar-refractivity contribution in [3.05, 3.63) is 96.8 Å². The van der Waals surface area contributed by atoms with E-state index in [1.165, 1.54) is 42.5 Å². The molecule has 0 amide bonds. The van der Waals surface area contributed by atoms with Gasteiger partial charge < -0.3 is 14.7 Å². The van der Waals surface area contributed by atoms with Crippen molar-refractivity contribution < 1.29 is 0 Å². The molecule has 3 heteroatoms.